The van der Waals surface area contributed by atoms with E-state index in [2.05, 4.69) is 0 Å². The van der Waals surface area contributed by atoms with Crippen LogP contribution in [-0.4, -0.2) is 36.1 Å². The van der Waals surface area contributed by atoms with Crippen molar-refractivity contribution in [2.45, 2.75) is 68.8 Å². The number of aliphatic hydroxyl groups excluding tert-OH is 2. The number of rotatable bonds is 7. The Bertz CT molecular complexity index is 551. The Balaban J connectivity index is 2.95. The Morgan fingerprint density at radius 1 is 1.10 bits per heavy atom. The lowest BCUT2D eigenvalue weighted by Crippen LogP contribution is -2.26. The zero-order valence-electron chi connectivity index (χ0n) is 13.2. The molecule has 2 N–H and O–H groups in total. The van der Waals surface area contributed by atoms with E-state index in [1.165, 1.54) is 0 Å². The summed E-state index contributed by atoms with van der Waals surface area (Å²) < 4.78 is 24.4. The lowest BCUT2D eigenvalue weighted by Gasteiger charge is -2.21. The SMILES string of the molecule is CCC(O)C(O)CC(C)c1cccc(S(=O)(=O)C(C)C)c1. The number of hydrogen-bond donors (Lipinski definition) is 2. The van der Waals surface area contributed by atoms with Crippen molar-refractivity contribution in [3.63, 3.8) is 0 Å². The van der Waals surface area contributed by atoms with Crippen LogP contribution in [0.25, 0.3) is 0 Å². The van der Waals surface area contributed by atoms with E-state index < -0.39 is 27.3 Å². The van der Waals surface area contributed by atoms with Crippen molar-refractivity contribution in [2.75, 3.05) is 0 Å². The lowest BCUT2D eigenvalue weighted by molar-refractivity contribution is 0.00952. The zero-order chi connectivity index (χ0) is 16.2. The number of sulfone groups is 1. The van der Waals surface area contributed by atoms with Crippen molar-refractivity contribution < 1.29 is 18.6 Å². The Hall–Kier alpha value is -0.910. The van der Waals surface area contributed by atoms with Crippen LogP contribution in [0.3, 0.4) is 0 Å². The second-order valence-corrected chi connectivity index (χ2v) is 8.35. The van der Waals surface area contributed by atoms with Gasteiger partial charge in [0.1, 0.15) is 0 Å². The van der Waals surface area contributed by atoms with Crippen molar-refractivity contribution >= 4 is 9.84 Å². The maximum atomic E-state index is 12.2. The highest BCUT2D eigenvalue weighted by atomic mass is 32.2. The summed E-state index contributed by atoms with van der Waals surface area (Å²) >= 11 is 0. The average Bonchev–Trinajstić information content (AvgIpc) is 2.46. The van der Waals surface area contributed by atoms with Gasteiger partial charge < -0.3 is 10.2 Å². The molecule has 0 heterocycles. The summed E-state index contributed by atoms with van der Waals surface area (Å²) in [6.45, 7) is 7.06. The second-order valence-electron chi connectivity index (χ2n) is 5.85. The highest BCUT2D eigenvalue weighted by Gasteiger charge is 2.22. The summed E-state index contributed by atoms with van der Waals surface area (Å²) in [6.07, 6.45) is -0.638. The van der Waals surface area contributed by atoms with Gasteiger partial charge in [0.2, 0.25) is 0 Å². The van der Waals surface area contributed by atoms with Crippen LogP contribution in [0, 0.1) is 0 Å². The van der Waals surface area contributed by atoms with E-state index in [1.54, 1.807) is 32.0 Å². The maximum Gasteiger partial charge on any atom is 0.180 e. The van der Waals surface area contributed by atoms with Gasteiger partial charge in [-0.1, -0.05) is 26.0 Å². The Kier molecular flexibility index (Phi) is 6.38. The van der Waals surface area contributed by atoms with Crippen LogP contribution >= 0.6 is 0 Å². The Labute approximate surface area is 127 Å². The average molecular weight is 314 g/mol. The molecule has 21 heavy (non-hydrogen) atoms. The minimum absolute atomic E-state index is 0.0245. The first-order chi connectivity index (χ1) is 9.70. The van der Waals surface area contributed by atoms with Crippen LogP contribution in [0.5, 0.6) is 0 Å². The topological polar surface area (TPSA) is 74.6 Å². The van der Waals surface area contributed by atoms with Crippen molar-refractivity contribution in [1.29, 1.82) is 0 Å². The third kappa shape index (κ3) is 4.53. The summed E-state index contributed by atoms with van der Waals surface area (Å²) in [6, 6.07) is 6.85. The first-order valence-electron chi connectivity index (χ1n) is 7.40. The molecular weight excluding hydrogens is 288 g/mol. The highest BCUT2D eigenvalue weighted by Crippen LogP contribution is 2.26. The van der Waals surface area contributed by atoms with Gasteiger partial charge in [0.05, 0.1) is 22.4 Å². The molecule has 0 saturated heterocycles. The molecule has 1 aromatic rings. The van der Waals surface area contributed by atoms with Gasteiger partial charge in [-0.05, 0) is 50.3 Å². The molecule has 0 aliphatic carbocycles. The molecule has 5 heteroatoms. The van der Waals surface area contributed by atoms with E-state index in [0.717, 1.165) is 5.56 Å². The van der Waals surface area contributed by atoms with Crippen LogP contribution in [0.15, 0.2) is 29.2 Å². The summed E-state index contributed by atoms with van der Waals surface area (Å²) in [5, 5.41) is 19.1. The molecule has 0 aromatic heterocycles. The standard InChI is InChI=1S/C16H26O4S/c1-5-15(17)16(18)9-12(4)13-7-6-8-14(10-13)21(19,20)11(2)3/h6-8,10-12,15-18H,5,9H2,1-4H3. The molecule has 3 unspecified atom stereocenters. The van der Waals surface area contributed by atoms with E-state index in [0.29, 0.717) is 17.7 Å². The second kappa shape index (κ2) is 7.38. The molecule has 0 radical (unpaired) electrons. The molecule has 3 atom stereocenters. The minimum atomic E-state index is -3.29. The fourth-order valence-corrected chi connectivity index (χ4v) is 3.31. The number of hydrogen-bond acceptors (Lipinski definition) is 4. The Morgan fingerprint density at radius 3 is 2.24 bits per heavy atom. The van der Waals surface area contributed by atoms with Gasteiger partial charge in [-0.2, -0.15) is 0 Å². The van der Waals surface area contributed by atoms with Crippen LogP contribution in [0.1, 0.15) is 52.0 Å². The van der Waals surface area contributed by atoms with Crippen molar-refractivity contribution in [1.82, 2.24) is 0 Å². The minimum Gasteiger partial charge on any atom is -0.390 e. The normalized spacial score (nSPS) is 16.7. The molecular formula is C16H26O4S. The molecule has 1 aromatic carbocycles. The number of benzene rings is 1. The lowest BCUT2D eigenvalue weighted by atomic mass is 9.92. The molecule has 120 valence electrons. The van der Waals surface area contributed by atoms with Crippen LogP contribution in [0.4, 0.5) is 0 Å². The van der Waals surface area contributed by atoms with Gasteiger partial charge in [-0.25, -0.2) is 8.42 Å². The third-order valence-electron chi connectivity index (χ3n) is 3.83. The molecule has 0 aliphatic heterocycles. The van der Waals surface area contributed by atoms with Gasteiger partial charge in [0, 0.05) is 0 Å². The molecule has 0 saturated carbocycles. The summed E-state index contributed by atoms with van der Waals surface area (Å²) in [5.41, 5.74) is 0.860. The van der Waals surface area contributed by atoms with E-state index in [-0.39, 0.29) is 5.92 Å². The zero-order valence-corrected chi connectivity index (χ0v) is 14.0. The molecule has 0 fully saturated rings. The quantitative estimate of drug-likeness (QED) is 0.811. The third-order valence-corrected chi connectivity index (χ3v) is 5.99. The van der Waals surface area contributed by atoms with Gasteiger partial charge in [0.15, 0.2) is 9.84 Å². The van der Waals surface area contributed by atoms with Crippen LogP contribution < -0.4 is 0 Å². The van der Waals surface area contributed by atoms with Crippen LogP contribution in [0.2, 0.25) is 0 Å². The summed E-state index contributed by atoms with van der Waals surface area (Å²) in [4.78, 5) is 0.312. The first kappa shape index (κ1) is 18.1. The highest BCUT2D eigenvalue weighted by molar-refractivity contribution is 7.92. The van der Waals surface area contributed by atoms with Gasteiger partial charge in [0.25, 0.3) is 0 Å². The smallest absolute Gasteiger partial charge is 0.180 e. The van der Waals surface area contributed by atoms with Gasteiger partial charge >= 0.3 is 0 Å². The van der Waals surface area contributed by atoms with E-state index in [9.17, 15) is 18.6 Å². The monoisotopic (exact) mass is 314 g/mol. The van der Waals surface area contributed by atoms with E-state index in [4.69, 9.17) is 0 Å². The van der Waals surface area contributed by atoms with Gasteiger partial charge in [-0.3, -0.25) is 0 Å². The first-order valence-corrected chi connectivity index (χ1v) is 8.94. The molecule has 1 rings (SSSR count). The predicted octanol–water partition coefficient (Wildman–Crippen LogP) is 2.49. The van der Waals surface area contributed by atoms with E-state index in [1.807, 2.05) is 19.9 Å². The van der Waals surface area contributed by atoms with Gasteiger partial charge in [-0.15, -0.1) is 0 Å². The predicted molar refractivity (Wildman–Crippen MR) is 84.1 cm³/mol. The molecule has 0 amide bonds. The molecule has 0 bridgehead atoms. The molecule has 4 nitrogen and oxygen atoms in total. The fourth-order valence-electron chi connectivity index (χ4n) is 2.20. The van der Waals surface area contributed by atoms with Crippen molar-refractivity contribution in [3.05, 3.63) is 29.8 Å². The van der Waals surface area contributed by atoms with Crippen LogP contribution in [-0.2, 0) is 9.84 Å². The maximum absolute atomic E-state index is 12.2. The largest absolute Gasteiger partial charge is 0.390 e. The fraction of sp³-hybridized carbons (Fsp3) is 0.625. The summed E-state index contributed by atoms with van der Waals surface area (Å²) in [5.74, 6) is -0.0245. The van der Waals surface area contributed by atoms with Crippen molar-refractivity contribution in [2.24, 2.45) is 0 Å². The van der Waals surface area contributed by atoms with E-state index >= 15 is 0 Å². The van der Waals surface area contributed by atoms with Crippen molar-refractivity contribution in [3.8, 4) is 0 Å². The molecule has 0 spiro atoms. The summed E-state index contributed by atoms with van der Waals surface area (Å²) in [7, 11) is -3.29. The molecule has 0 aliphatic rings. The number of aliphatic hydroxyl groups is 2. The Morgan fingerprint density at radius 2 is 1.71 bits per heavy atom.